The number of halogens is 3. The first-order chi connectivity index (χ1) is 19.1. The Morgan fingerprint density at radius 1 is 1.00 bits per heavy atom. The van der Waals surface area contributed by atoms with Crippen LogP contribution in [0.3, 0.4) is 0 Å². The molecule has 1 aliphatic rings. The van der Waals surface area contributed by atoms with Gasteiger partial charge in [-0.2, -0.15) is 0 Å². The van der Waals surface area contributed by atoms with Crippen molar-refractivity contribution in [3.63, 3.8) is 0 Å². The Morgan fingerprint density at radius 2 is 1.65 bits per heavy atom. The normalized spacial score (nSPS) is 14.5. The van der Waals surface area contributed by atoms with Crippen LogP contribution in [0.1, 0.15) is 38.2 Å². The molecule has 1 N–H and O–H groups in total. The average molecular weight is 607 g/mol. The lowest BCUT2D eigenvalue weighted by atomic mass is 10.1. The van der Waals surface area contributed by atoms with Crippen molar-refractivity contribution in [2.45, 2.75) is 56.1 Å². The lowest BCUT2D eigenvalue weighted by Gasteiger charge is -2.32. The summed E-state index contributed by atoms with van der Waals surface area (Å²) in [6.07, 6.45) is 3.78. The molecule has 0 radical (unpaired) electrons. The van der Waals surface area contributed by atoms with Crippen molar-refractivity contribution in [2.75, 3.05) is 10.8 Å². The second-order valence-electron chi connectivity index (χ2n) is 9.72. The maximum atomic E-state index is 13.9. The zero-order valence-electron chi connectivity index (χ0n) is 21.9. The summed E-state index contributed by atoms with van der Waals surface area (Å²) < 4.78 is 41.9. The van der Waals surface area contributed by atoms with E-state index >= 15 is 0 Å². The van der Waals surface area contributed by atoms with Gasteiger partial charge in [-0.25, -0.2) is 12.8 Å². The van der Waals surface area contributed by atoms with Crippen LogP contribution in [0.4, 0.5) is 10.1 Å². The molecule has 0 spiro atoms. The number of hydrogen-bond donors (Lipinski definition) is 1. The van der Waals surface area contributed by atoms with E-state index in [4.69, 9.17) is 23.2 Å². The van der Waals surface area contributed by atoms with Crippen LogP contribution in [0.5, 0.6) is 0 Å². The Bertz CT molecular complexity index is 1450. The minimum atomic E-state index is -4.28. The Kier molecular flexibility index (Phi) is 9.71. The highest BCUT2D eigenvalue weighted by atomic mass is 35.5. The summed E-state index contributed by atoms with van der Waals surface area (Å²) in [6, 6.07) is 16.5. The second-order valence-corrected chi connectivity index (χ2v) is 12.4. The molecule has 0 bridgehead atoms. The first-order valence-corrected chi connectivity index (χ1v) is 15.1. The molecule has 3 aromatic rings. The SMILES string of the molecule is CC(C(=O)NC1CCCC1)N(Cc1ccc(Cl)cc1Cl)C(=O)CN(c1ccccc1)S(=O)(=O)c1ccc(F)cc1. The summed E-state index contributed by atoms with van der Waals surface area (Å²) in [5.74, 6) is -1.54. The fourth-order valence-corrected chi connectivity index (χ4v) is 6.55. The molecule has 4 rings (SSSR count). The van der Waals surface area contributed by atoms with Crippen molar-refractivity contribution < 1.29 is 22.4 Å². The third kappa shape index (κ3) is 7.13. The second kappa shape index (κ2) is 13.0. The van der Waals surface area contributed by atoms with Gasteiger partial charge in [0.25, 0.3) is 10.0 Å². The van der Waals surface area contributed by atoms with Crippen LogP contribution < -0.4 is 9.62 Å². The number of hydrogen-bond acceptors (Lipinski definition) is 4. The first-order valence-electron chi connectivity index (χ1n) is 12.9. The molecule has 40 heavy (non-hydrogen) atoms. The quantitative estimate of drug-likeness (QED) is 0.316. The molecule has 1 saturated carbocycles. The molecule has 0 aromatic heterocycles. The standard InChI is InChI=1S/C29H30Cl2FN3O4S/c1-20(29(37)33-24-7-5-6-8-24)34(18-21-11-12-22(30)17-27(21)31)28(36)19-35(25-9-3-2-4-10-25)40(38,39)26-15-13-23(32)14-16-26/h2-4,9-17,20,24H,5-8,18-19H2,1H3,(H,33,37). The molecule has 2 amide bonds. The van der Waals surface area contributed by atoms with E-state index in [2.05, 4.69) is 5.32 Å². The van der Waals surface area contributed by atoms with Gasteiger partial charge < -0.3 is 10.2 Å². The Morgan fingerprint density at radius 3 is 2.27 bits per heavy atom. The van der Waals surface area contributed by atoms with Crippen LogP contribution in [-0.4, -0.2) is 43.8 Å². The molecule has 212 valence electrons. The molecule has 1 fully saturated rings. The van der Waals surface area contributed by atoms with Crippen molar-refractivity contribution in [3.05, 3.63) is 94.2 Å². The van der Waals surface area contributed by atoms with Gasteiger partial charge in [0, 0.05) is 22.6 Å². The van der Waals surface area contributed by atoms with E-state index in [1.54, 1.807) is 55.5 Å². The van der Waals surface area contributed by atoms with Crippen LogP contribution in [0.15, 0.2) is 77.7 Å². The van der Waals surface area contributed by atoms with Gasteiger partial charge in [0.05, 0.1) is 10.6 Å². The highest BCUT2D eigenvalue weighted by Gasteiger charge is 2.33. The van der Waals surface area contributed by atoms with Crippen molar-refractivity contribution in [1.82, 2.24) is 10.2 Å². The summed E-state index contributed by atoms with van der Waals surface area (Å²) in [4.78, 5) is 28.3. The van der Waals surface area contributed by atoms with E-state index < -0.39 is 34.3 Å². The van der Waals surface area contributed by atoms with Crippen LogP contribution >= 0.6 is 23.2 Å². The minimum Gasteiger partial charge on any atom is -0.352 e. The number of carbonyl (C=O) groups excluding carboxylic acids is 2. The number of nitrogens with one attached hydrogen (secondary N) is 1. The first kappa shape index (κ1) is 29.8. The minimum absolute atomic E-state index is 0.0330. The maximum absolute atomic E-state index is 13.9. The fraction of sp³-hybridized carbons (Fsp3) is 0.310. The molecular weight excluding hydrogens is 576 g/mol. The highest BCUT2D eigenvalue weighted by molar-refractivity contribution is 7.92. The number of anilines is 1. The molecule has 1 unspecified atom stereocenters. The Balaban J connectivity index is 1.68. The lowest BCUT2D eigenvalue weighted by Crippen LogP contribution is -2.52. The maximum Gasteiger partial charge on any atom is 0.264 e. The van der Waals surface area contributed by atoms with Crippen molar-refractivity contribution in [2.24, 2.45) is 0 Å². The van der Waals surface area contributed by atoms with E-state index in [1.807, 2.05) is 0 Å². The highest BCUT2D eigenvalue weighted by Crippen LogP contribution is 2.27. The zero-order chi connectivity index (χ0) is 28.9. The van der Waals surface area contributed by atoms with Crippen molar-refractivity contribution in [1.29, 1.82) is 0 Å². The van der Waals surface area contributed by atoms with Gasteiger partial charge in [-0.1, -0.05) is 60.3 Å². The summed E-state index contributed by atoms with van der Waals surface area (Å²) in [5, 5.41) is 3.74. The molecule has 11 heteroatoms. The molecule has 7 nitrogen and oxygen atoms in total. The molecule has 0 heterocycles. The van der Waals surface area contributed by atoms with Crippen LogP contribution in [-0.2, 0) is 26.2 Å². The summed E-state index contributed by atoms with van der Waals surface area (Å²) >= 11 is 12.5. The summed E-state index contributed by atoms with van der Waals surface area (Å²) in [5.41, 5.74) is 0.792. The Hall–Kier alpha value is -3.14. The predicted molar refractivity (Wildman–Crippen MR) is 154 cm³/mol. The smallest absolute Gasteiger partial charge is 0.264 e. The third-order valence-electron chi connectivity index (χ3n) is 6.95. The molecule has 1 atom stereocenters. The predicted octanol–water partition coefficient (Wildman–Crippen LogP) is 5.80. The van der Waals surface area contributed by atoms with E-state index in [0.29, 0.717) is 15.6 Å². The monoisotopic (exact) mass is 605 g/mol. The number of rotatable bonds is 10. The molecule has 3 aromatic carbocycles. The van der Waals surface area contributed by atoms with Gasteiger partial charge in [0.2, 0.25) is 11.8 Å². The van der Waals surface area contributed by atoms with Gasteiger partial charge >= 0.3 is 0 Å². The number of benzene rings is 3. The summed E-state index contributed by atoms with van der Waals surface area (Å²) in [7, 11) is -4.28. The lowest BCUT2D eigenvalue weighted by molar-refractivity contribution is -0.139. The van der Waals surface area contributed by atoms with Crippen molar-refractivity contribution in [3.8, 4) is 0 Å². The third-order valence-corrected chi connectivity index (χ3v) is 9.32. The molecule has 1 aliphatic carbocycles. The van der Waals surface area contributed by atoms with Crippen molar-refractivity contribution >= 4 is 50.7 Å². The van der Waals surface area contributed by atoms with Crippen LogP contribution in [0, 0.1) is 5.82 Å². The zero-order valence-corrected chi connectivity index (χ0v) is 24.2. The van der Waals surface area contributed by atoms with E-state index in [-0.39, 0.29) is 29.1 Å². The van der Waals surface area contributed by atoms with Gasteiger partial charge in [-0.15, -0.1) is 0 Å². The number of amides is 2. The van der Waals surface area contributed by atoms with Gasteiger partial charge in [-0.3, -0.25) is 13.9 Å². The number of nitrogens with zero attached hydrogens (tertiary/aromatic N) is 2. The van der Waals surface area contributed by atoms with E-state index in [9.17, 15) is 22.4 Å². The molecule has 0 aliphatic heterocycles. The average Bonchev–Trinajstić information content (AvgIpc) is 3.44. The number of sulfonamides is 1. The molecular formula is C29H30Cl2FN3O4S. The van der Waals surface area contributed by atoms with Crippen LogP contribution in [0.25, 0.3) is 0 Å². The number of para-hydroxylation sites is 1. The number of carbonyl (C=O) groups is 2. The largest absolute Gasteiger partial charge is 0.352 e. The van der Waals surface area contributed by atoms with Crippen LogP contribution in [0.2, 0.25) is 10.0 Å². The van der Waals surface area contributed by atoms with Gasteiger partial charge in [-0.05, 0) is 73.9 Å². The van der Waals surface area contributed by atoms with Gasteiger partial charge in [0.1, 0.15) is 18.4 Å². The Labute approximate surface area is 243 Å². The topological polar surface area (TPSA) is 86.8 Å². The van der Waals surface area contributed by atoms with Gasteiger partial charge in [0.15, 0.2) is 0 Å². The molecule has 0 saturated heterocycles. The van der Waals surface area contributed by atoms with E-state index in [0.717, 1.165) is 54.3 Å². The summed E-state index contributed by atoms with van der Waals surface area (Å²) in [6.45, 7) is 0.955. The fourth-order valence-electron chi connectivity index (χ4n) is 4.66. The van der Waals surface area contributed by atoms with E-state index in [1.165, 1.54) is 4.90 Å².